The summed E-state index contributed by atoms with van der Waals surface area (Å²) in [6.07, 6.45) is 3.39. The molecule has 1 saturated heterocycles. The van der Waals surface area contributed by atoms with Gasteiger partial charge in [0.15, 0.2) is 0 Å². The van der Waals surface area contributed by atoms with Crippen molar-refractivity contribution >= 4 is 17.5 Å². The van der Waals surface area contributed by atoms with Crippen LogP contribution in [0.1, 0.15) is 36.5 Å². The Labute approximate surface area is 132 Å². The van der Waals surface area contributed by atoms with Crippen LogP contribution in [-0.4, -0.2) is 54.8 Å². The summed E-state index contributed by atoms with van der Waals surface area (Å²) in [5, 5.41) is 3.14. The molecule has 0 radical (unpaired) electrons. The maximum atomic E-state index is 12.2. The van der Waals surface area contributed by atoms with Crippen molar-refractivity contribution in [2.45, 2.75) is 32.2 Å². The van der Waals surface area contributed by atoms with E-state index in [0.29, 0.717) is 18.2 Å². The lowest BCUT2D eigenvalue weighted by Gasteiger charge is -2.33. The number of nitrogens with one attached hydrogen (secondary N) is 1. The molecule has 1 heterocycles. The minimum absolute atomic E-state index is 0.0234. The van der Waals surface area contributed by atoms with E-state index in [2.05, 4.69) is 12.2 Å². The van der Waals surface area contributed by atoms with Crippen LogP contribution in [0.5, 0.6) is 0 Å². The molecule has 0 saturated carbocycles. The number of hydrogen-bond acceptors (Lipinski definition) is 3. The van der Waals surface area contributed by atoms with Crippen LogP contribution in [0.3, 0.4) is 0 Å². The minimum atomic E-state index is -0.0234. The SMILES string of the molecule is CC1CCCCN1C(=O)CNc1ccc(C(=O)N(C)C)cc1. The van der Waals surface area contributed by atoms with Gasteiger partial charge in [-0.25, -0.2) is 0 Å². The van der Waals surface area contributed by atoms with E-state index in [1.54, 1.807) is 31.1 Å². The van der Waals surface area contributed by atoms with Crippen molar-refractivity contribution in [3.05, 3.63) is 29.8 Å². The highest BCUT2D eigenvalue weighted by atomic mass is 16.2. The molecule has 22 heavy (non-hydrogen) atoms. The lowest BCUT2D eigenvalue weighted by Crippen LogP contribution is -2.44. The Morgan fingerprint density at radius 3 is 2.50 bits per heavy atom. The Kier molecular flexibility index (Phi) is 5.41. The average Bonchev–Trinajstić information content (AvgIpc) is 2.52. The fraction of sp³-hybridized carbons (Fsp3) is 0.529. The van der Waals surface area contributed by atoms with Crippen molar-refractivity contribution < 1.29 is 9.59 Å². The van der Waals surface area contributed by atoms with Gasteiger partial charge in [-0.1, -0.05) is 0 Å². The topological polar surface area (TPSA) is 52.7 Å². The summed E-state index contributed by atoms with van der Waals surface area (Å²) in [5.74, 6) is 0.116. The molecule has 1 unspecified atom stereocenters. The number of anilines is 1. The van der Waals surface area contributed by atoms with Gasteiger partial charge < -0.3 is 15.1 Å². The molecule has 2 amide bonds. The van der Waals surface area contributed by atoms with Gasteiger partial charge in [0.1, 0.15) is 0 Å². The standard InChI is InChI=1S/C17H25N3O2/c1-13-6-4-5-11-20(13)16(21)12-18-15-9-7-14(8-10-15)17(22)19(2)3/h7-10,13,18H,4-6,11-12H2,1-3H3. The first-order valence-electron chi connectivity index (χ1n) is 7.84. The van der Waals surface area contributed by atoms with Crippen LogP contribution in [0.25, 0.3) is 0 Å². The van der Waals surface area contributed by atoms with E-state index in [-0.39, 0.29) is 11.8 Å². The molecule has 1 fully saturated rings. The Morgan fingerprint density at radius 2 is 1.91 bits per heavy atom. The first kappa shape index (κ1) is 16.3. The average molecular weight is 303 g/mol. The number of amides is 2. The fourth-order valence-electron chi connectivity index (χ4n) is 2.74. The van der Waals surface area contributed by atoms with Gasteiger partial charge in [0, 0.05) is 37.9 Å². The number of hydrogen-bond donors (Lipinski definition) is 1. The molecule has 1 aliphatic heterocycles. The third kappa shape index (κ3) is 4.00. The molecular formula is C17H25N3O2. The third-order valence-corrected chi connectivity index (χ3v) is 4.11. The molecule has 0 bridgehead atoms. The zero-order valence-electron chi connectivity index (χ0n) is 13.6. The summed E-state index contributed by atoms with van der Waals surface area (Å²) >= 11 is 0. The Hall–Kier alpha value is -2.04. The number of carbonyl (C=O) groups excluding carboxylic acids is 2. The predicted octanol–water partition coefficient (Wildman–Crippen LogP) is 2.20. The van der Waals surface area contributed by atoms with Gasteiger partial charge in [0.05, 0.1) is 6.54 Å². The zero-order valence-corrected chi connectivity index (χ0v) is 13.6. The van der Waals surface area contributed by atoms with E-state index in [1.807, 2.05) is 17.0 Å². The molecule has 5 heteroatoms. The Morgan fingerprint density at radius 1 is 1.23 bits per heavy atom. The highest BCUT2D eigenvalue weighted by Gasteiger charge is 2.22. The molecule has 1 aromatic carbocycles. The molecule has 0 aromatic heterocycles. The second-order valence-electron chi connectivity index (χ2n) is 6.06. The smallest absolute Gasteiger partial charge is 0.253 e. The van der Waals surface area contributed by atoms with Gasteiger partial charge in [0.2, 0.25) is 5.91 Å². The van der Waals surface area contributed by atoms with Crippen molar-refractivity contribution in [3.63, 3.8) is 0 Å². The van der Waals surface area contributed by atoms with E-state index in [9.17, 15) is 9.59 Å². The van der Waals surface area contributed by atoms with Crippen molar-refractivity contribution in [2.75, 3.05) is 32.5 Å². The maximum Gasteiger partial charge on any atom is 0.253 e. The first-order chi connectivity index (χ1) is 10.5. The third-order valence-electron chi connectivity index (χ3n) is 4.11. The van der Waals surface area contributed by atoms with Gasteiger partial charge in [-0.2, -0.15) is 0 Å². The number of carbonyl (C=O) groups is 2. The zero-order chi connectivity index (χ0) is 16.1. The highest BCUT2D eigenvalue weighted by molar-refractivity contribution is 5.94. The summed E-state index contributed by atoms with van der Waals surface area (Å²) in [7, 11) is 3.46. The van der Waals surface area contributed by atoms with Crippen molar-refractivity contribution in [1.82, 2.24) is 9.80 Å². The molecule has 1 aliphatic rings. The number of rotatable bonds is 4. The minimum Gasteiger partial charge on any atom is -0.376 e. The van der Waals surface area contributed by atoms with Crippen molar-refractivity contribution in [1.29, 1.82) is 0 Å². The summed E-state index contributed by atoms with van der Waals surface area (Å²) < 4.78 is 0. The molecule has 1 N–H and O–H groups in total. The van der Waals surface area contributed by atoms with E-state index in [4.69, 9.17) is 0 Å². The molecule has 1 aromatic rings. The Bertz CT molecular complexity index is 525. The monoisotopic (exact) mass is 303 g/mol. The summed E-state index contributed by atoms with van der Waals surface area (Å²) in [6.45, 7) is 3.27. The largest absolute Gasteiger partial charge is 0.376 e. The highest BCUT2D eigenvalue weighted by Crippen LogP contribution is 2.17. The van der Waals surface area contributed by atoms with Crippen LogP contribution in [0.15, 0.2) is 24.3 Å². The molecule has 2 rings (SSSR count). The summed E-state index contributed by atoms with van der Waals surface area (Å²) in [4.78, 5) is 27.6. The van der Waals surface area contributed by atoms with Crippen LogP contribution in [0, 0.1) is 0 Å². The molecule has 0 spiro atoms. The van der Waals surface area contributed by atoms with E-state index in [1.165, 1.54) is 6.42 Å². The summed E-state index contributed by atoms with van der Waals surface area (Å²) in [5.41, 5.74) is 1.50. The molecule has 120 valence electrons. The number of likely N-dealkylation sites (tertiary alicyclic amines) is 1. The fourth-order valence-corrected chi connectivity index (χ4v) is 2.74. The van der Waals surface area contributed by atoms with Crippen LogP contribution in [0.2, 0.25) is 0 Å². The maximum absolute atomic E-state index is 12.2. The lowest BCUT2D eigenvalue weighted by atomic mass is 10.0. The van der Waals surface area contributed by atoms with Crippen LogP contribution < -0.4 is 5.32 Å². The second kappa shape index (κ2) is 7.29. The van der Waals surface area contributed by atoms with Gasteiger partial charge >= 0.3 is 0 Å². The molecule has 5 nitrogen and oxygen atoms in total. The van der Waals surface area contributed by atoms with Crippen molar-refractivity contribution in [3.8, 4) is 0 Å². The van der Waals surface area contributed by atoms with Gasteiger partial charge in [-0.15, -0.1) is 0 Å². The van der Waals surface area contributed by atoms with Gasteiger partial charge in [0.25, 0.3) is 5.91 Å². The van der Waals surface area contributed by atoms with Crippen molar-refractivity contribution in [2.24, 2.45) is 0 Å². The van der Waals surface area contributed by atoms with Crippen LogP contribution in [0.4, 0.5) is 5.69 Å². The van der Waals surface area contributed by atoms with Crippen LogP contribution >= 0.6 is 0 Å². The predicted molar refractivity (Wildman–Crippen MR) is 88.0 cm³/mol. The van der Waals surface area contributed by atoms with E-state index in [0.717, 1.165) is 25.1 Å². The summed E-state index contributed by atoms with van der Waals surface area (Å²) in [6, 6.07) is 7.56. The molecule has 1 atom stereocenters. The first-order valence-corrected chi connectivity index (χ1v) is 7.84. The number of nitrogens with zero attached hydrogens (tertiary/aromatic N) is 2. The second-order valence-corrected chi connectivity index (χ2v) is 6.06. The molecular weight excluding hydrogens is 278 g/mol. The van der Waals surface area contributed by atoms with E-state index < -0.39 is 0 Å². The quantitative estimate of drug-likeness (QED) is 0.928. The number of piperidine rings is 1. The van der Waals surface area contributed by atoms with Crippen LogP contribution in [-0.2, 0) is 4.79 Å². The normalized spacial score (nSPS) is 18.0. The lowest BCUT2D eigenvalue weighted by molar-refractivity contribution is -0.132. The van der Waals surface area contributed by atoms with Gasteiger partial charge in [-0.3, -0.25) is 9.59 Å². The number of benzene rings is 1. The molecule has 0 aliphatic carbocycles. The van der Waals surface area contributed by atoms with Gasteiger partial charge in [-0.05, 0) is 50.5 Å². The Balaban J connectivity index is 1.89. The van der Waals surface area contributed by atoms with E-state index >= 15 is 0 Å².